The zero-order valence-electron chi connectivity index (χ0n) is 16.2. The molecule has 7 heteroatoms. The Kier molecular flexibility index (Phi) is 5.45. The van der Waals surface area contributed by atoms with Gasteiger partial charge in [-0.05, 0) is 38.5 Å². The molecule has 7 nitrogen and oxygen atoms in total. The van der Waals surface area contributed by atoms with Gasteiger partial charge in [-0.25, -0.2) is 14.5 Å². The average Bonchev–Trinajstić information content (AvgIpc) is 3.32. The molecule has 0 unspecified atom stereocenters. The summed E-state index contributed by atoms with van der Waals surface area (Å²) in [4.78, 5) is 19.0. The van der Waals surface area contributed by atoms with Crippen LogP contribution in [0.1, 0.15) is 56.7 Å². The molecule has 1 N–H and O–H groups in total. The zero-order chi connectivity index (χ0) is 18.6. The molecule has 0 aromatic carbocycles. The maximum absolute atomic E-state index is 12.9. The van der Waals surface area contributed by atoms with E-state index in [1.165, 1.54) is 19.3 Å². The van der Waals surface area contributed by atoms with Crippen LogP contribution in [-0.4, -0.2) is 43.4 Å². The number of nitrogens with one attached hydrogen (secondary N) is 1. The highest BCUT2D eigenvalue weighted by atomic mass is 16.2. The van der Waals surface area contributed by atoms with E-state index in [0.29, 0.717) is 12.0 Å². The highest BCUT2D eigenvalue weighted by Crippen LogP contribution is 2.31. The number of aromatic nitrogens is 4. The summed E-state index contributed by atoms with van der Waals surface area (Å²) in [5.41, 5.74) is 0.965. The van der Waals surface area contributed by atoms with Crippen LogP contribution in [0, 0.1) is 12.8 Å². The Hall–Kier alpha value is -2.31. The molecule has 2 fully saturated rings. The summed E-state index contributed by atoms with van der Waals surface area (Å²) in [6.07, 6.45) is 14.0. The van der Waals surface area contributed by atoms with E-state index >= 15 is 0 Å². The van der Waals surface area contributed by atoms with E-state index in [1.807, 2.05) is 36.6 Å². The lowest BCUT2D eigenvalue weighted by molar-refractivity contribution is 0.170. The lowest BCUT2D eigenvalue weighted by Crippen LogP contribution is -2.43. The molecule has 27 heavy (non-hydrogen) atoms. The molecule has 2 aromatic rings. The number of anilines is 1. The topological polar surface area (TPSA) is 68.0 Å². The number of aryl methyl sites for hydroxylation is 1. The number of nitrogens with zero attached hydrogens (tertiary/aromatic N) is 5. The van der Waals surface area contributed by atoms with Crippen molar-refractivity contribution < 1.29 is 4.79 Å². The molecule has 0 bridgehead atoms. The molecule has 0 spiro atoms. The highest BCUT2D eigenvalue weighted by molar-refractivity contribution is 5.88. The minimum Gasteiger partial charge on any atom is -0.337 e. The first-order valence-corrected chi connectivity index (χ1v) is 10.3. The van der Waals surface area contributed by atoms with Crippen LogP contribution in [0.25, 0.3) is 0 Å². The van der Waals surface area contributed by atoms with Crippen molar-refractivity contribution in [3.8, 4) is 0 Å². The van der Waals surface area contributed by atoms with Gasteiger partial charge in [-0.2, -0.15) is 5.10 Å². The first kappa shape index (κ1) is 18.1. The van der Waals surface area contributed by atoms with Gasteiger partial charge in [0.1, 0.15) is 5.82 Å². The molecule has 1 atom stereocenters. The van der Waals surface area contributed by atoms with Crippen LogP contribution in [0.3, 0.4) is 0 Å². The first-order chi connectivity index (χ1) is 13.2. The lowest BCUT2D eigenvalue weighted by Gasteiger charge is -2.33. The molecule has 2 aromatic heterocycles. The number of piperidine rings is 1. The van der Waals surface area contributed by atoms with Crippen molar-refractivity contribution in [3.05, 3.63) is 30.5 Å². The number of hydrogen-bond donors (Lipinski definition) is 1. The number of imidazole rings is 1. The van der Waals surface area contributed by atoms with Gasteiger partial charge >= 0.3 is 6.03 Å². The van der Waals surface area contributed by atoms with Crippen LogP contribution in [0.2, 0.25) is 0 Å². The van der Waals surface area contributed by atoms with Crippen LogP contribution in [0.4, 0.5) is 10.6 Å². The standard InChI is InChI=1S/C20H30N6O/c1-16-12-19(26(23-16)18-7-3-2-4-8-18)22-20(27)25-10-5-6-17(14-25)13-24-11-9-21-15-24/h9,11-12,15,17-18H,2-8,10,13-14H2,1H3,(H,22,27)/t17-/m0/s1. The second-order valence-electron chi connectivity index (χ2n) is 8.05. The summed E-state index contributed by atoms with van der Waals surface area (Å²) in [6, 6.07) is 2.42. The Labute approximate surface area is 160 Å². The molecular formula is C20H30N6O. The van der Waals surface area contributed by atoms with E-state index in [9.17, 15) is 4.79 Å². The molecule has 1 saturated carbocycles. The molecule has 1 aliphatic heterocycles. The summed E-state index contributed by atoms with van der Waals surface area (Å²) in [5.74, 6) is 1.32. The fourth-order valence-corrected chi connectivity index (χ4v) is 4.49. The number of rotatable bonds is 4. The number of likely N-dealkylation sites (tertiary alicyclic amines) is 1. The van der Waals surface area contributed by atoms with Crippen LogP contribution in [-0.2, 0) is 6.54 Å². The van der Waals surface area contributed by atoms with Crippen molar-refractivity contribution in [1.29, 1.82) is 0 Å². The van der Waals surface area contributed by atoms with Crippen LogP contribution in [0.15, 0.2) is 24.8 Å². The van der Waals surface area contributed by atoms with Crippen molar-refractivity contribution in [3.63, 3.8) is 0 Å². The minimum absolute atomic E-state index is 0.00212. The van der Waals surface area contributed by atoms with Gasteiger partial charge < -0.3 is 9.47 Å². The first-order valence-electron chi connectivity index (χ1n) is 10.3. The Morgan fingerprint density at radius 2 is 2.07 bits per heavy atom. The van der Waals surface area contributed by atoms with Crippen molar-refractivity contribution in [1.82, 2.24) is 24.2 Å². The van der Waals surface area contributed by atoms with Gasteiger partial charge in [0.15, 0.2) is 0 Å². The summed E-state index contributed by atoms with van der Waals surface area (Å²) < 4.78 is 4.16. The third kappa shape index (κ3) is 4.34. The van der Waals surface area contributed by atoms with Gasteiger partial charge in [0.25, 0.3) is 0 Å². The molecule has 0 radical (unpaired) electrons. The Bertz CT molecular complexity index is 747. The normalized spacial score (nSPS) is 21.4. The lowest BCUT2D eigenvalue weighted by atomic mass is 9.96. The molecule has 146 valence electrons. The fraction of sp³-hybridized carbons (Fsp3) is 0.650. The fourth-order valence-electron chi connectivity index (χ4n) is 4.49. The minimum atomic E-state index is 0.00212. The smallest absolute Gasteiger partial charge is 0.323 e. The van der Waals surface area contributed by atoms with E-state index in [4.69, 9.17) is 0 Å². The maximum atomic E-state index is 12.9. The van der Waals surface area contributed by atoms with Crippen molar-refractivity contribution in [2.45, 2.75) is 64.5 Å². The van der Waals surface area contributed by atoms with Gasteiger partial charge in [-0.3, -0.25) is 5.32 Å². The average molecular weight is 371 g/mol. The Morgan fingerprint density at radius 1 is 1.22 bits per heavy atom. The van der Waals surface area contributed by atoms with Crippen LogP contribution >= 0.6 is 0 Å². The van der Waals surface area contributed by atoms with Gasteiger partial charge in [0.2, 0.25) is 0 Å². The molecular weight excluding hydrogens is 340 g/mol. The highest BCUT2D eigenvalue weighted by Gasteiger charge is 2.26. The Balaban J connectivity index is 1.40. The molecule has 3 heterocycles. The van der Waals surface area contributed by atoms with Crippen LogP contribution in [0.5, 0.6) is 0 Å². The molecule has 2 aliphatic rings. The third-order valence-electron chi connectivity index (χ3n) is 5.85. The second kappa shape index (κ2) is 8.15. The van der Waals surface area contributed by atoms with Gasteiger partial charge in [-0.1, -0.05) is 19.3 Å². The van der Waals surface area contributed by atoms with E-state index in [-0.39, 0.29) is 6.03 Å². The summed E-state index contributed by atoms with van der Waals surface area (Å²) in [7, 11) is 0. The van der Waals surface area contributed by atoms with Crippen molar-refractivity contribution >= 4 is 11.8 Å². The second-order valence-corrected chi connectivity index (χ2v) is 8.05. The summed E-state index contributed by atoms with van der Waals surface area (Å²) in [6.45, 7) is 4.53. The van der Waals surface area contributed by atoms with E-state index < -0.39 is 0 Å². The third-order valence-corrected chi connectivity index (χ3v) is 5.85. The van der Waals surface area contributed by atoms with Gasteiger partial charge in [0, 0.05) is 38.1 Å². The number of carbonyl (C=O) groups excluding carboxylic acids is 1. The SMILES string of the molecule is Cc1cc(NC(=O)N2CCC[C@@H](Cn3ccnc3)C2)n(C2CCCCC2)n1. The van der Waals surface area contributed by atoms with Crippen LogP contribution < -0.4 is 5.32 Å². The summed E-state index contributed by atoms with van der Waals surface area (Å²) >= 11 is 0. The van der Waals surface area contributed by atoms with E-state index in [1.54, 1.807) is 0 Å². The number of urea groups is 1. The zero-order valence-corrected chi connectivity index (χ0v) is 16.2. The largest absolute Gasteiger partial charge is 0.337 e. The monoisotopic (exact) mass is 370 g/mol. The maximum Gasteiger partial charge on any atom is 0.323 e. The molecule has 4 rings (SSSR count). The van der Waals surface area contributed by atoms with Gasteiger partial charge in [0.05, 0.1) is 18.1 Å². The van der Waals surface area contributed by atoms with Crippen molar-refractivity contribution in [2.75, 3.05) is 18.4 Å². The summed E-state index contributed by atoms with van der Waals surface area (Å²) in [5, 5.41) is 7.82. The van der Waals surface area contributed by atoms with E-state index in [0.717, 1.165) is 56.8 Å². The Morgan fingerprint density at radius 3 is 2.85 bits per heavy atom. The molecule has 1 saturated heterocycles. The van der Waals surface area contributed by atoms with E-state index in [2.05, 4.69) is 24.6 Å². The number of hydrogen-bond acceptors (Lipinski definition) is 3. The van der Waals surface area contributed by atoms with Crippen molar-refractivity contribution in [2.24, 2.45) is 5.92 Å². The number of amides is 2. The number of carbonyl (C=O) groups is 1. The molecule has 2 amide bonds. The predicted octanol–water partition coefficient (Wildman–Crippen LogP) is 3.84. The quantitative estimate of drug-likeness (QED) is 0.889. The van der Waals surface area contributed by atoms with Gasteiger partial charge in [-0.15, -0.1) is 0 Å². The predicted molar refractivity (Wildman–Crippen MR) is 105 cm³/mol. The molecule has 1 aliphatic carbocycles.